The fourth-order valence-electron chi connectivity index (χ4n) is 4.59. The summed E-state index contributed by atoms with van der Waals surface area (Å²) in [6.07, 6.45) is 5.03. The van der Waals surface area contributed by atoms with E-state index in [1.54, 1.807) is 5.57 Å². The molecule has 1 aromatic rings. The number of carbonyl (C=O) groups excluding carboxylic acids is 1. The summed E-state index contributed by atoms with van der Waals surface area (Å²) in [5, 5.41) is 9.15. The number of benzene rings is 1. The van der Waals surface area contributed by atoms with Gasteiger partial charge in [-0.05, 0) is 43.1 Å². The minimum absolute atomic E-state index is 0.195. The highest BCUT2D eigenvalue weighted by atomic mass is 16.5. The molecule has 5 aliphatic carbocycles. The van der Waals surface area contributed by atoms with Crippen molar-refractivity contribution in [2.45, 2.75) is 38.2 Å². The molecule has 1 aromatic carbocycles. The average molecular weight is 312 g/mol. The molecule has 0 radical (unpaired) electrons. The van der Waals surface area contributed by atoms with Crippen LogP contribution >= 0.6 is 0 Å². The molecule has 3 unspecified atom stereocenters. The van der Waals surface area contributed by atoms with E-state index in [2.05, 4.69) is 6.08 Å². The molecule has 23 heavy (non-hydrogen) atoms. The number of carbonyl (C=O) groups is 2. The fraction of sp³-hybridized carbons (Fsp3) is 0.474. The number of fused-ring (bicyclic) bond motifs is 1. The zero-order valence-electron chi connectivity index (χ0n) is 12.9. The van der Waals surface area contributed by atoms with Crippen LogP contribution in [0.4, 0.5) is 0 Å². The summed E-state index contributed by atoms with van der Waals surface area (Å²) in [4.78, 5) is 24.0. The van der Waals surface area contributed by atoms with E-state index in [0.717, 1.165) is 24.8 Å². The summed E-state index contributed by atoms with van der Waals surface area (Å²) in [5.41, 5.74) is 1.87. The maximum absolute atomic E-state index is 12.9. The summed E-state index contributed by atoms with van der Waals surface area (Å²) < 4.78 is 5.73. The first kappa shape index (κ1) is 14.5. The van der Waals surface area contributed by atoms with Crippen molar-refractivity contribution in [3.8, 4) is 0 Å². The summed E-state index contributed by atoms with van der Waals surface area (Å²) in [6, 6.07) is 9.17. The van der Waals surface area contributed by atoms with Crippen molar-refractivity contribution < 1.29 is 19.4 Å². The predicted octanol–water partition coefficient (Wildman–Crippen LogP) is 3.49. The van der Waals surface area contributed by atoms with E-state index in [0.29, 0.717) is 11.8 Å². The van der Waals surface area contributed by atoms with Crippen molar-refractivity contribution in [1.29, 1.82) is 0 Å². The molecule has 3 fully saturated rings. The van der Waals surface area contributed by atoms with E-state index in [4.69, 9.17) is 9.84 Å². The van der Waals surface area contributed by atoms with Crippen LogP contribution in [0, 0.1) is 17.3 Å². The smallest absolute Gasteiger partial charge is 0.313 e. The quantitative estimate of drug-likeness (QED) is 0.668. The van der Waals surface area contributed by atoms with E-state index in [-0.39, 0.29) is 12.4 Å². The molecule has 0 aromatic heterocycles. The molecule has 1 N–H and O–H groups in total. The Kier molecular flexibility index (Phi) is 3.29. The van der Waals surface area contributed by atoms with Crippen LogP contribution in [-0.2, 0) is 14.3 Å². The Balaban J connectivity index is 1.54. The number of esters is 1. The number of carboxylic acid groups (broad SMARTS) is 1. The van der Waals surface area contributed by atoms with Crippen molar-refractivity contribution in [2.75, 3.05) is 0 Å². The van der Waals surface area contributed by atoms with Gasteiger partial charge in [-0.15, -0.1) is 0 Å². The number of hydrogen-bond donors (Lipinski definition) is 1. The number of carboxylic acids is 1. The van der Waals surface area contributed by atoms with Gasteiger partial charge >= 0.3 is 11.9 Å². The second-order valence-electron chi connectivity index (χ2n) is 7.13. The van der Waals surface area contributed by atoms with Gasteiger partial charge in [0.2, 0.25) is 0 Å². The Morgan fingerprint density at radius 2 is 1.91 bits per heavy atom. The molecule has 5 aliphatic rings. The molecule has 0 spiro atoms. The zero-order chi connectivity index (χ0) is 16.0. The Labute approximate surface area is 135 Å². The van der Waals surface area contributed by atoms with E-state index in [1.807, 2.05) is 30.3 Å². The molecule has 4 bridgehead atoms. The van der Waals surface area contributed by atoms with Gasteiger partial charge in [0.1, 0.15) is 6.10 Å². The van der Waals surface area contributed by atoms with Crippen molar-refractivity contribution in [3.05, 3.63) is 47.5 Å². The minimum Gasteiger partial charge on any atom is -0.481 e. The third-order valence-corrected chi connectivity index (χ3v) is 5.73. The first-order valence-corrected chi connectivity index (χ1v) is 8.25. The second kappa shape index (κ2) is 5.22. The average Bonchev–Trinajstić information content (AvgIpc) is 2.55. The van der Waals surface area contributed by atoms with Gasteiger partial charge in [0.05, 0.1) is 11.8 Å². The molecule has 0 aliphatic heterocycles. The maximum Gasteiger partial charge on any atom is 0.313 e. The van der Waals surface area contributed by atoms with Gasteiger partial charge in [0, 0.05) is 0 Å². The summed E-state index contributed by atoms with van der Waals surface area (Å²) in [7, 11) is 0. The summed E-state index contributed by atoms with van der Waals surface area (Å²) >= 11 is 0. The van der Waals surface area contributed by atoms with Gasteiger partial charge < -0.3 is 9.84 Å². The van der Waals surface area contributed by atoms with Crippen LogP contribution in [0.5, 0.6) is 0 Å². The first-order valence-electron chi connectivity index (χ1n) is 8.25. The van der Waals surface area contributed by atoms with Crippen LogP contribution in [0.2, 0.25) is 0 Å². The number of ether oxygens (including phenoxy) is 1. The minimum atomic E-state index is -0.957. The topological polar surface area (TPSA) is 63.6 Å². The maximum atomic E-state index is 12.9. The SMILES string of the molecule is O=C(O)CC(OC(=O)C12CC=C3C(CC3C1)C2)c1ccccc1. The second-order valence-corrected chi connectivity index (χ2v) is 7.13. The number of allylic oxidation sites excluding steroid dienone is 2. The highest BCUT2D eigenvalue weighted by molar-refractivity contribution is 5.79. The largest absolute Gasteiger partial charge is 0.481 e. The Hall–Kier alpha value is -2.10. The highest BCUT2D eigenvalue weighted by Crippen LogP contribution is 2.63. The molecule has 0 saturated heterocycles. The van der Waals surface area contributed by atoms with E-state index in [1.165, 1.54) is 6.42 Å². The third-order valence-electron chi connectivity index (χ3n) is 5.73. The van der Waals surface area contributed by atoms with Crippen LogP contribution < -0.4 is 0 Å². The molecule has 6 rings (SSSR count). The van der Waals surface area contributed by atoms with Gasteiger partial charge in [0.15, 0.2) is 0 Å². The normalized spacial score (nSPS) is 31.7. The molecular weight excluding hydrogens is 292 g/mol. The van der Waals surface area contributed by atoms with Crippen molar-refractivity contribution in [3.63, 3.8) is 0 Å². The molecule has 120 valence electrons. The standard InChI is InChI=1S/C19H20O4/c20-17(21)9-16(12-4-2-1-3-5-12)23-18(22)19-7-6-15-13(10-19)8-14(15)11-19/h1-6,13-14,16H,7-11H2,(H,20,21). The molecular formula is C19H20O4. The third kappa shape index (κ3) is 2.37. The predicted molar refractivity (Wildman–Crippen MR) is 83.5 cm³/mol. The van der Waals surface area contributed by atoms with E-state index in [9.17, 15) is 9.59 Å². The van der Waals surface area contributed by atoms with Gasteiger partial charge in [-0.3, -0.25) is 9.59 Å². The lowest BCUT2D eigenvalue weighted by atomic mass is 9.48. The lowest BCUT2D eigenvalue weighted by Gasteiger charge is -2.56. The lowest BCUT2D eigenvalue weighted by Crippen LogP contribution is -2.51. The first-order chi connectivity index (χ1) is 11.1. The Morgan fingerprint density at radius 1 is 1.22 bits per heavy atom. The zero-order valence-corrected chi connectivity index (χ0v) is 12.9. The molecule has 4 heteroatoms. The fourth-order valence-corrected chi connectivity index (χ4v) is 4.59. The highest BCUT2D eigenvalue weighted by Gasteiger charge is 2.57. The van der Waals surface area contributed by atoms with Crippen LogP contribution in [0.1, 0.15) is 43.8 Å². The van der Waals surface area contributed by atoms with Crippen LogP contribution in [0.25, 0.3) is 0 Å². The molecule has 3 saturated carbocycles. The van der Waals surface area contributed by atoms with Crippen LogP contribution in [-0.4, -0.2) is 17.0 Å². The van der Waals surface area contributed by atoms with Gasteiger partial charge in [-0.2, -0.15) is 0 Å². The number of aliphatic carboxylic acids is 1. The van der Waals surface area contributed by atoms with Gasteiger partial charge in [0.25, 0.3) is 0 Å². The summed E-state index contributed by atoms with van der Waals surface area (Å²) in [6.45, 7) is 0. The molecule has 4 nitrogen and oxygen atoms in total. The molecule has 3 atom stereocenters. The number of rotatable bonds is 5. The van der Waals surface area contributed by atoms with Crippen LogP contribution in [0.15, 0.2) is 42.0 Å². The van der Waals surface area contributed by atoms with Crippen LogP contribution in [0.3, 0.4) is 0 Å². The van der Waals surface area contributed by atoms with Crippen molar-refractivity contribution in [1.82, 2.24) is 0 Å². The summed E-state index contributed by atoms with van der Waals surface area (Å²) in [5.74, 6) is -0.0480. The van der Waals surface area contributed by atoms with E-state index >= 15 is 0 Å². The van der Waals surface area contributed by atoms with Crippen molar-refractivity contribution in [2.24, 2.45) is 17.3 Å². The molecule has 0 heterocycles. The van der Waals surface area contributed by atoms with Gasteiger partial charge in [-0.1, -0.05) is 42.0 Å². The Morgan fingerprint density at radius 3 is 2.52 bits per heavy atom. The molecule has 0 amide bonds. The van der Waals surface area contributed by atoms with E-state index < -0.39 is 17.5 Å². The monoisotopic (exact) mass is 312 g/mol. The Bertz CT molecular complexity index is 662. The van der Waals surface area contributed by atoms with Crippen molar-refractivity contribution >= 4 is 11.9 Å². The number of hydrogen-bond acceptors (Lipinski definition) is 3. The lowest BCUT2D eigenvalue weighted by molar-refractivity contribution is -0.171. The van der Waals surface area contributed by atoms with Gasteiger partial charge in [-0.25, -0.2) is 0 Å².